The molecule has 0 nitrogen and oxygen atoms in total. The fourth-order valence-corrected chi connectivity index (χ4v) is 2.88. The summed E-state index contributed by atoms with van der Waals surface area (Å²) in [6.07, 6.45) is 9.16. The van der Waals surface area contributed by atoms with Crippen molar-refractivity contribution in [3.8, 4) is 0 Å². The van der Waals surface area contributed by atoms with Crippen LogP contribution in [0.1, 0.15) is 59.3 Å². The Morgan fingerprint density at radius 1 is 1.00 bits per heavy atom. The van der Waals surface area contributed by atoms with Crippen LogP contribution in [-0.2, 0) is 0 Å². The molecule has 2 aliphatic carbocycles. The lowest BCUT2D eigenvalue weighted by atomic mass is 9.83. The summed E-state index contributed by atoms with van der Waals surface area (Å²) in [7, 11) is 0. The second kappa shape index (κ2) is 3.60. The van der Waals surface area contributed by atoms with Crippen molar-refractivity contribution < 1.29 is 0 Å². The van der Waals surface area contributed by atoms with E-state index in [-0.39, 0.29) is 0 Å². The lowest BCUT2D eigenvalue weighted by Gasteiger charge is -2.22. The second-order valence-electron chi connectivity index (χ2n) is 4.14. The zero-order valence-electron chi connectivity index (χ0n) is 8.32. The molecule has 0 bridgehead atoms. The van der Waals surface area contributed by atoms with Crippen LogP contribution in [0.15, 0.2) is 0 Å². The highest BCUT2D eigenvalue weighted by Gasteiger charge is 2.41. The highest BCUT2D eigenvalue weighted by Crippen LogP contribution is 2.53. The van der Waals surface area contributed by atoms with Crippen LogP contribution in [0.25, 0.3) is 0 Å². The smallest absolute Gasteiger partial charge is 0.0298 e. The molecule has 0 amide bonds. The van der Waals surface area contributed by atoms with Gasteiger partial charge < -0.3 is 0 Å². The minimum Gasteiger partial charge on any atom is -0.0683 e. The van der Waals surface area contributed by atoms with Crippen LogP contribution >= 0.6 is 0 Å². The van der Waals surface area contributed by atoms with Crippen LogP contribution in [-0.4, -0.2) is 0 Å². The Kier molecular flexibility index (Phi) is 2.98. The first-order chi connectivity index (χ1) is 5.31. The summed E-state index contributed by atoms with van der Waals surface area (Å²) < 4.78 is 0. The van der Waals surface area contributed by atoms with Gasteiger partial charge in [0, 0.05) is 0 Å². The summed E-state index contributed by atoms with van der Waals surface area (Å²) in [6.45, 7) is 6.50. The maximum Gasteiger partial charge on any atom is -0.0298 e. The van der Waals surface area contributed by atoms with E-state index in [0.717, 1.165) is 11.3 Å². The van der Waals surface area contributed by atoms with Crippen molar-refractivity contribution in [1.29, 1.82) is 0 Å². The Morgan fingerprint density at radius 3 is 1.82 bits per heavy atom. The van der Waals surface area contributed by atoms with Crippen molar-refractivity contribution in [2.75, 3.05) is 0 Å². The summed E-state index contributed by atoms with van der Waals surface area (Å²) in [6, 6.07) is 0. The van der Waals surface area contributed by atoms with E-state index in [4.69, 9.17) is 0 Å². The van der Waals surface area contributed by atoms with Gasteiger partial charge in [0.15, 0.2) is 0 Å². The van der Waals surface area contributed by atoms with Gasteiger partial charge in [-0.1, -0.05) is 33.6 Å². The largest absolute Gasteiger partial charge is 0.0683 e. The summed E-state index contributed by atoms with van der Waals surface area (Å²) >= 11 is 0. The Bertz CT molecular complexity index is 105. The molecule has 0 aromatic heterocycles. The molecule has 0 spiro atoms. The first kappa shape index (κ1) is 9.09. The highest BCUT2D eigenvalue weighted by molar-refractivity contribution is 4.92. The van der Waals surface area contributed by atoms with E-state index >= 15 is 0 Å². The van der Waals surface area contributed by atoms with Gasteiger partial charge in [-0.3, -0.25) is 0 Å². The van der Waals surface area contributed by atoms with Crippen LogP contribution in [0.2, 0.25) is 0 Å². The molecule has 0 heterocycles. The van der Waals surface area contributed by atoms with Gasteiger partial charge in [-0.25, -0.2) is 0 Å². The van der Waals surface area contributed by atoms with E-state index in [1.807, 2.05) is 13.8 Å². The molecule has 0 atom stereocenters. The minimum atomic E-state index is 0.806. The molecule has 0 aliphatic heterocycles. The van der Waals surface area contributed by atoms with E-state index in [2.05, 4.69) is 6.92 Å². The van der Waals surface area contributed by atoms with Crippen molar-refractivity contribution in [2.45, 2.75) is 59.3 Å². The highest BCUT2D eigenvalue weighted by atomic mass is 14.5. The van der Waals surface area contributed by atoms with Crippen LogP contribution < -0.4 is 0 Å². The number of hydrogen-bond donors (Lipinski definition) is 0. The quantitative estimate of drug-likeness (QED) is 0.494. The van der Waals surface area contributed by atoms with Gasteiger partial charge in [0.2, 0.25) is 0 Å². The molecule has 2 fully saturated rings. The summed E-state index contributed by atoms with van der Waals surface area (Å²) in [5.74, 6) is 1.12. The standard InChI is InChI=1S/C9H16.C2H6/c1-9-6-2-4-8(9)5-3-7-9;1-2/h8H,2-7H2,1H3;1-2H3. The van der Waals surface area contributed by atoms with Gasteiger partial charge in [-0.05, 0) is 37.0 Å². The maximum atomic E-state index is 2.50. The fourth-order valence-electron chi connectivity index (χ4n) is 2.88. The number of rotatable bonds is 0. The Morgan fingerprint density at radius 2 is 1.45 bits per heavy atom. The van der Waals surface area contributed by atoms with Crippen molar-refractivity contribution in [3.05, 3.63) is 0 Å². The first-order valence-electron chi connectivity index (χ1n) is 5.31. The Hall–Kier alpha value is 0. The molecule has 0 radical (unpaired) electrons. The lowest BCUT2D eigenvalue weighted by molar-refractivity contribution is 0.277. The topological polar surface area (TPSA) is 0 Å². The summed E-state index contributed by atoms with van der Waals surface area (Å²) in [5, 5.41) is 0. The molecular formula is C11H22. The molecule has 2 saturated carbocycles. The Labute approximate surface area is 71.4 Å². The molecule has 0 aromatic carbocycles. The van der Waals surface area contributed by atoms with Crippen molar-refractivity contribution in [2.24, 2.45) is 11.3 Å². The average molecular weight is 154 g/mol. The summed E-state index contributed by atoms with van der Waals surface area (Å²) in [5.41, 5.74) is 0.806. The third kappa shape index (κ3) is 1.60. The van der Waals surface area contributed by atoms with Crippen LogP contribution in [0, 0.1) is 11.3 Å². The molecule has 0 N–H and O–H groups in total. The molecule has 0 aromatic rings. The second-order valence-corrected chi connectivity index (χ2v) is 4.14. The molecule has 2 rings (SSSR count). The Balaban J connectivity index is 0.000000281. The van der Waals surface area contributed by atoms with Gasteiger partial charge in [0.25, 0.3) is 0 Å². The van der Waals surface area contributed by atoms with Gasteiger partial charge in [-0.15, -0.1) is 0 Å². The molecule has 66 valence electrons. The van der Waals surface area contributed by atoms with Gasteiger partial charge in [0.1, 0.15) is 0 Å². The predicted molar refractivity (Wildman–Crippen MR) is 50.6 cm³/mol. The van der Waals surface area contributed by atoms with Crippen molar-refractivity contribution in [3.63, 3.8) is 0 Å². The molecule has 0 saturated heterocycles. The van der Waals surface area contributed by atoms with Crippen molar-refractivity contribution >= 4 is 0 Å². The van der Waals surface area contributed by atoms with Crippen LogP contribution in [0.4, 0.5) is 0 Å². The van der Waals surface area contributed by atoms with Crippen LogP contribution in [0.5, 0.6) is 0 Å². The average Bonchev–Trinajstić information content (AvgIpc) is 2.49. The molecular weight excluding hydrogens is 132 g/mol. The van der Waals surface area contributed by atoms with Crippen LogP contribution in [0.3, 0.4) is 0 Å². The van der Waals surface area contributed by atoms with Gasteiger partial charge in [0.05, 0.1) is 0 Å². The van der Waals surface area contributed by atoms with E-state index in [1.54, 1.807) is 0 Å². The first-order valence-corrected chi connectivity index (χ1v) is 5.31. The molecule has 2 aliphatic rings. The monoisotopic (exact) mass is 154 g/mol. The minimum absolute atomic E-state index is 0.806. The van der Waals surface area contributed by atoms with Gasteiger partial charge in [-0.2, -0.15) is 0 Å². The molecule has 11 heavy (non-hydrogen) atoms. The third-order valence-electron chi connectivity index (χ3n) is 3.59. The lowest BCUT2D eigenvalue weighted by Crippen LogP contribution is -2.13. The predicted octanol–water partition coefficient (Wildman–Crippen LogP) is 4.00. The zero-order chi connectivity index (χ0) is 8.32. The third-order valence-corrected chi connectivity index (χ3v) is 3.59. The van der Waals surface area contributed by atoms with E-state index in [1.165, 1.54) is 38.5 Å². The van der Waals surface area contributed by atoms with E-state index in [0.29, 0.717) is 0 Å². The van der Waals surface area contributed by atoms with Gasteiger partial charge >= 0.3 is 0 Å². The van der Waals surface area contributed by atoms with Crippen molar-refractivity contribution in [1.82, 2.24) is 0 Å². The van der Waals surface area contributed by atoms with E-state index < -0.39 is 0 Å². The molecule has 0 heteroatoms. The summed E-state index contributed by atoms with van der Waals surface area (Å²) in [4.78, 5) is 0. The zero-order valence-corrected chi connectivity index (χ0v) is 8.32. The number of hydrogen-bond acceptors (Lipinski definition) is 0. The fraction of sp³-hybridized carbons (Fsp3) is 1.00. The number of fused-ring (bicyclic) bond motifs is 1. The van der Waals surface area contributed by atoms with E-state index in [9.17, 15) is 0 Å². The normalized spacial score (nSPS) is 41.2. The maximum absolute atomic E-state index is 2.50. The SMILES string of the molecule is CC.CC12CCCC1CCC2. The molecule has 0 unspecified atom stereocenters.